The third-order valence-electron chi connectivity index (χ3n) is 2.85. The molecular formula is C14H16N2O3S. The van der Waals surface area contributed by atoms with Gasteiger partial charge in [0.05, 0.1) is 12.8 Å². The van der Waals surface area contributed by atoms with Crippen molar-refractivity contribution in [1.29, 1.82) is 0 Å². The Balaban J connectivity index is 2.08. The van der Waals surface area contributed by atoms with Crippen LogP contribution in [0.4, 0.5) is 5.69 Å². The molecule has 6 heteroatoms. The highest BCUT2D eigenvalue weighted by Crippen LogP contribution is 2.23. The Morgan fingerprint density at radius 1 is 1.40 bits per heavy atom. The summed E-state index contributed by atoms with van der Waals surface area (Å²) in [6, 6.07) is 4.82. The van der Waals surface area contributed by atoms with Crippen LogP contribution in [0.1, 0.15) is 25.9 Å². The Hall–Kier alpha value is -2.08. The third kappa shape index (κ3) is 3.08. The van der Waals surface area contributed by atoms with Crippen LogP contribution in [0, 0.1) is 13.8 Å². The Morgan fingerprint density at radius 3 is 2.75 bits per heavy atom. The lowest BCUT2D eigenvalue weighted by Gasteiger charge is -2.08. The summed E-state index contributed by atoms with van der Waals surface area (Å²) in [6.45, 7) is 4.08. The first kappa shape index (κ1) is 14.3. The number of hydrogen-bond donors (Lipinski definition) is 1. The zero-order valence-electron chi connectivity index (χ0n) is 11.6. The Kier molecular flexibility index (Phi) is 4.24. The van der Waals surface area contributed by atoms with Crippen molar-refractivity contribution in [1.82, 2.24) is 4.98 Å². The predicted molar refractivity (Wildman–Crippen MR) is 78.1 cm³/mol. The van der Waals surface area contributed by atoms with Crippen LogP contribution in [-0.2, 0) is 11.3 Å². The van der Waals surface area contributed by atoms with Crippen LogP contribution >= 0.6 is 11.3 Å². The summed E-state index contributed by atoms with van der Waals surface area (Å²) < 4.78 is 10.4. The largest absolute Gasteiger partial charge is 0.496 e. The van der Waals surface area contributed by atoms with Crippen molar-refractivity contribution >= 4 is 23.0 Å². The molecule has 5 nitrogen and oxygen atoms in total. The van der Waals surface area contributed by atoms with E-state index < -0.39 is 5.97 Å². The second kappa shape index (κ2) is 5.92. The zero-order chi connectivity index (χ0) is 14.7. The maximum absolute atomic E-state index is 12.0. The van der Waals surface area contributed by atoms with Crippen molar-refractivity contribution < 1.29 is 14.3 Å². The standard InChI is InChI=1S/C14H16N2O3S/c1-8-9(2)20-13(16-8)7-19-14(17)11-5-4-10(15)6-12(11)18-3/h4-6H,7,15H2,1-3H3. The van der Waals surface area contributed by atoms with E-state index in [-0.39, 0.29) is 6.61 Å². The van der Waals surface area contributed by atoms with Crippen LogP contribution in [0.25, 0.3) is 0 Å². The molecule has 2 rings (SSSR count). The maximum atomic E-state index is 12.0. The first-order valence-electron chi connectivity index (χ1n) is 6.05. The number of carbonyl (C=O) groups excluding carboxylic acids is 1. The fraction of sp³-hybridized carbons (Fsp3) is 0.286. The van der Waals surface area contributed by atoms with E-state index in [0.29, 0.717) is 17.0 Å². The molecule has 0 amide bonds. The molecule has 1 aromatic carbocycles. The average Bonchev–Trinajstić information content (AvgIpc) is 2.75. The molecule has 2 N–H and O–H groups in total. The fourth-order valence-corrected chi connectivity index (χ4v) is 2.53. The molecule has 0 atom stereocenters. The normalized spacial score (nSPS) is 10.3. The number of nitrogens with two attached hydrogens (primary N) is 1. The van der Waals surface area contributed by atoms with E-state index in [0.717, 1.165) is 15.6 Å². The van der Waals surface area contributed by atoms with Gasteiger partial charge in [-0.15, -0.1) is 11.3 Å². The molecule has 0 radical (unpaired) electrons. The van der Waals surface area contributed by atoms with Gasteiger partial charge in [-0.3, -0.25) is 0 Å². The number of carbonyl (C=O) groups is 1. The van der Waals surface area contributed by atoms with Crippen molar-refractivity contribution in [2.75, 3.05) is 12.8 Å². The summed E-state index contributed by atoms with van der Waals surface area (Å²) in [6.07, 6.45) is 0. The number of thiazole rings is 1. The van der Waals surface area contributed by atoms with Gasteiger partial charge in [0.2, 0.25) is 0 Å². The Labute approximate surface area is 121 Å². The molecule has 0 bridgehead atoms. The van der Waals surface area contributed by atoms with Gasteiger partial charge in [-0.2, -0.15) is 0 Å². The molecule has 2 aromatic rings. The van der Waals surface area contributed by atoms with Gasteiger partial charge in [-0.05, 0) is 26.0 Å². The second-order valence-electron chi connectivity index (χ2n) is 4.29. The minimum absolute atomic E-state index is 0.158. The van der Waals surface area contributed by atoms with Crippen molar-refractivity contribution in [3.05, 3.63) is 39.3 Å². The van der Waals surface area contributed by atoms with Crippen LogP contribution in [0.3, 0.4) is 0 Å². The van der Waals surface area contributed by atoms with Crippen LogP contribution in [0.2, 0.25) is 0 Å². The van der Waals surface area contributed by atoms with Gasteiger partial charge in [0.25, 0.3) is 0 Å². The zero-order valence-corrected chi connectivity index (χ0v) is 12.4. The molecule has 0 unspecified atom stereocenters. The number of nitrogen functional groups attached to an aromatic ring is 1. The maximum Gasteiger partial charge on any atom is 0.342 e. The number of benzene rings is 1. The third-order valence-corrected chi connectivity index (χ3v) is 3.89. The van der Waals surface area contributed by atoms with Gasteiger partial charge in [0.15, 0.2) is 0 Å². The molecule has 0 saturated heterocycles. The number of aryl methyl sites for hydroxylation is 2. The van der Waals surface area contributed by atoms with Gasteiger partial charge in [0, 0.05) is 16.6 Å². The Bertz CT molecular complexity index is 618. The topological polar surface area (TPSA) is 74.4 Å². The van der Waals surface area contributed by atoms with Crippen molar-refractivity contribution in [3.8, 4) is 5.75 Å². The lowest BCUT2D eigenvalue weighted by molar-refractivity contribution is 0.0468. The summed E-state index contributed by atoms with van der Waals surface area (Å²) in [5.74, 6) is -0.0474. The number of esters is 1. The molecule has 0 saturated carbocycles. The second-order valence-corrected chi connectivity index (χ2v) is 5.57. The highest BCUT2D eigenvalue weighted by Gasteiger charge is 2.15. The number of anilines is 1. The summed E-state index contributed by atoms with van der Waals surface area (Å²) in [5, 5.41) is 0.780. The molecular weight excluding hydrogens is 276 g/mol. The van der Waals surface area contributed by atoms with E-state index in [4.69, 9.17) is 15.2 Å². The number of nitrogens with zero attached hydrogens (tertiary/aromatic N) is 1. The fourth-order valence-electron chi connectivity index (χ4n) is 1.68. The van der Waals surface area contributed by atoms with Crippen LogP contribution in [-0.4, -0.2) is 18.1 Å². The van der Waals surface area contributed by atoms with Crippen LogP contribution in [0.5, 0.6) is 5.75 Å². The first-order valence-corrected chi connectivity index (χ1v) is 6.86. The van der Waals surface area contributed by atoms with E-state index in [1.807, 2.05) is 13.8 Å². The summed E-state index contributed by atoms with van der Waals surface area (Å²) in [5.41, 5.74) is 7.50. The lowest BCUT2D eigenvalue weighted by atomic mass is 10.2. The van der Waals surface area contributed by atoms with Crippen LogP contribution in [0.15, 0.2) is 18.2 Å². The minimum Gasteiger partial charge on any atom is -0.496 e. The van der Waals surface area contributed by atoms with E-state index >= 15 is 0 Å². The summed E-state index contributed by atoms with van der Waals surface area (Å²) >= 11 is 1.52. The van der Waals surface area contributed by atoms with E-state index in [1.54, 1.807) is 18.2 Å². The van der Waals surface area contributed by atoms with Crippen molar-refractivity contribution in [2.24, 2.45) is 0 Å². The predicted octanol–water partition coefficient (Wildman–Crippen LogP) is 2.71. The van der Waals surface area contributed by atoms with Crippen LogP contribution < -0.4 is 10.5 Å². The molecule has 0 aliphatic heterocycles. The van der Waals surface area contributed by atoms with E-state index in [9.17, 15) is 4.79 Å². The molecule has 0 aliphatic carbocycles. The smallest absolute Gasteiger partial charge is 0.342 e. The van der Waals surface area contributed by atoms with E-state index in [2.05, 4.69) is 4.98 Å². The first-order chi connectivity index (χ1) is 9.51. The highest BCUT2D eigenvalue weighted by atomic mass is 32.1. The molecule has 0 spiro atoms. The van der Waals surface area contributed by atoms with Gasteiger partial charge in [0.1, 0.15) is 22.9 Å². The summed E-state index contributed by atoms with van der Waals surface area (Å²) in [7, 11) is 1.49. The van der Waals surface area contributed by atoms with Gasteiger partial charge < -0.3 is 15.2 Å². The molecule has 0 aliphatic rings. The van der Waals surface area contributed by atoms with Gasteiger partial charge in [-0.25, -0.2) is 9.78 Å². The summed E-state index contributed by atoms with van der Waals surface area (Å²) in [4.78, 5) is 17.5. The number of ether oxygens (including phenoxy) is 2. The van der Waals surface area contributed by atoms with Gasteiger partial charge >= 0.3 is 5.97 Å². The quantitative estimate of drug-likeness (QED) is 0.692. The number of aromatic nitrogens is 1. The number of rotatable bonds is 4. The number of methoxy groups -OCH3 is 1. The molecule has 1 heterocycles. The Morgan fingerprint density at radius 2 is 2.15 bits per heavy atom. The molecule has 20 heavy (non-hydrogen) atoms. The highest BCUT2D eigenvalue weighted by molar-refractivity contribution is 7.11. The van der Waals surface area contributed by atoms with Crippen molar-refractivity contribution in [3.63, 3.8) is 0 Å². The minimum atomic E-state index is -0.452. The molecule has 106 valence electrons. The van der Waals surface area contributed by atoms with Gasteiger partial charge in [-0.1, -0.05) is 0 Å². The molecule has 0 fully saturated rings. The number of hydrogen-bond acceptors (Lipinski definition) is 6. The average molecular weight is 292 g/mol. The monoisotopic (exact) mass is 292 g/mol. The SMILES string of the molecule is COc1cc(N)ccc1C(=O)OCc1nc(C)c(C)s1. The van der Waals surface area contributed by atoms with Crippen molar-refractivity contribution in [2.45, 2.75) is 20.5 Å². The van der Waals surface area contributed by atoms with E-state index in [1.165, 1.54) is 18.4 Å². The lowest BCUT2D eigenvalue weighted by Crippen LogP contribution is -2.07. The molecule has 1 aromatic heterocycles.